The van der Waals surface area contributed by atoms with Gasteiger partial charge in [-0.3, -0.25) is 4.79 Å². The summed E-state index contributed by atoms with van der Waals surface area (Å²) in [6, 6.07) is 4.49. The number of carbonyl (C=O) groups is 1. The van der Waals surface area contributed by atoms with Crippen molar-refractivity contribution in [1.82, 2.24) is 0 Å². The lowest BCUT2D eigenvalue weighted by molar-refractivity contribution is -0.138. The van der Waals surface area contributed by atoms with E-state index in [1.807, 2.05) is 0 Å². The summed E-state index contributed by atoms with van der Waals surface area (Å²) in [7, 11) is 0. The van der Waals surface area contributed by atoms with Gasteiger partial charge in [0.25, 0.3) is 0 Å². The number of hydrogen-bond donors (Lipinski definition) is 1. The predicted octanol–water partition coefficient (Wildman–Crippen LogP) is 4.78. The van der Waals surface area contributed by atoms with Crippen LogP contribution in [0, 0.1) is 26.7 Å². The molecule has 1 aromatic rings. The van der Waals surface area contributed by atoms with Crippen LogP contribution in [0.25, 0.3) is 0 Å². The highest BCUT2D eigenvalue weighted by Crippen LogP contribution is 2.39. The first-order chi connectivity index (χ1) is 9.22. The Labute approximate surface area is 123 Å². The van der Waals surface area contributed by atoms with E-state index in [4.69, 9.17) is 5.11 Å². The van der Waals surface area contributed by atoms with Crippen molar-refractivity contribution in [1.29, 1.82) is 0 Å². The molecule has 2 atom stereocenters. The van der Waals surface area contributed by atoms with E-state index in [1.165, 1.54) is 22.3 Å². The molecule has 2 unspecified atom stereocenters. The Morgan fingerprint density at radius 2 is 1.75 bits per heavy atom. The topological polar surface area (TPSA) is 37.3 Å². The van der Waals surface area contributed by atoms with Gasteiger partial charge in [0.2, 0.25) is 0 Å². The third kappa shape index (κ3) is 3.41. The summed E-state index contributed by atoms with van der Waals surface area (Å²) in [6.07, 6.45) is 2.30. The highest BCUT2D eigenvalue weighted by molar-refractivity contribution is 5.67. The first-order valence-corrected chi connectivity index (χ1v) is 7.52. The van der Waals surface area contributed by atoms with Gasteiger partial charge in [-0.05, 0) is 60.8 Å². The van der Waals surface area contributed by atoms with Gasteiger partial charge in [-0.25, -0.2) is 0 Å². The van der Waals surface area contributed by atoms with Crippen molar-refractivity contribution in [2.45, 2.75) is 66.2 Å². The Bertz CT molecular complexity index is 467. The van der Waals surface area contributed by atoms with Crippen LogP contribution < -0.4 is 0 Å². The lowest BCUT2D eigenvalue weighted by atomic mass is 9.68. The van der Waals surface area contributed by atoms with Crippen molar-refractivity contribution in [3.63, 3.8) is 0 Å². The largest absolute Gasteiger partial charge is 0.481 e. The van der Waals surface area contributed by atoms with Gasteiger partial charge in [0, 0.05) is 6.42 Å². The summed E-state index contributed by atoms with van der Waals surface area (Å²) in [5, 5.41) is 9.12. The molecule has 1 N–H and O–H groups in total. The van der Waals surface area contributed by atoms with Gasteiger partial charge in [0.1, 0.15) is 0 Å². The molecular weight excluding hydrogens is 248 g/mol. The first kappa shape index (κ1) is 16.7. The molecule has 0 aliphatic carbocycles. The fraction of sp³-hybridized carbons (Fsp3) is 0.611. The third-order valence-corrected chi connectivity index (χ3v) is 4.92. The second-order valence-corrected chi connectivity index (χ2v) is 6.40. The molecule has 0 bridgehead atoms. The van der Waals surface area contributed by atoms with Crippen LogP contribution in [0.5, 0.6) is 0 Å². The van der Waals surface area contributed by atoms with Crippen molar-refractivity contribution < 1.29 is 9.90 Å². The maximum Gasteiger partial charge on any atom is 0.303 e. The molecule has 0 aromatic heterocycles. The number of benzene rings is 1. The minimum Gasteiger partial charge on any atom is -0.481 e. The van der Waals surface area contributed by atoms with Gasteiger partial charge >= 0.3 is 5.97 Å². The van der Waals surface area contributed by atoms with Gasteiger partial charge < -0.3 is 5.11 Å². The van der Waals surface area contributed by atoms with E-state index in [2.05, 4.69) is 53.7 Å². The van der Waals surface area contributed by atoms with Crippen LogP contribution in [0.4, 0.5) is 0 Å². The molecule has 0 radical (unpaired) electrons. The summed E-state index contributed by atoms with van der Waals surface area (Å²) in [6.45, 7) is 12.9. The van der Waals surface area contributed by atoms with Gasteiger partial charge in [-0.1, -0.05) is 39.3 Å². The molecule has 0 aliphatic heterocycles. The zero-order valence-corrected chi connectivity index (χ0v) is 13.7. The number of carboxylic acid groups (broad SMARTS) is 1. The van der Waals surface area contributed by atoms with Crippen LogP contribution in [0.15, 0.2) is 12.1 Å². The van der Waals surface area contributed by atoms with E-state index in [1.54, 1.807) is 0 Å². The lowest BCUT2D eigenvalue weighted by Crippen LogP contribution is -2.32. The highest BCUT2D eigenvalue weighted by atomic mass is 16.4. The van der Waals surface area contributed by atoms with E-state index in [9.17, 15) is 4.79 Å². The first-order valence-electron chi connectivity index (χ1n) is 7.52. The van der Waals surface area contributed by atoms with E-state index >= 15 is 0 Å². The monoisotopic (exact) mass is 276 g/mol. The zero-order valence-electron chi connectivity index (χ0n) is 13.7. The number of rotatable bonds is 6. The smallest absolute Gasteiger partial charge is 0.303 e. The van der Waals surface area contributed by atoms with Crippen molar-refractivity contribution in [2.75, 3.05) is 0 Å². The van der Waals surface area contributed by atoms with Crippen LogP contribution in [0.1, 0.15) is 62.3 Å². The second-order valence-electron chi connectivity index (χ2n) is 6.40. The maximum absolute atomic E-state index is 11.1. The molecular formula is C18H28O2. The minimum absolute atomic E-state index is 0.0731. The highest BCUT2D eigenvalue weighted by Gasteiger charge is 2.33. The summed E-state index contributed by atoms with van der Waals surface area (Å²) in [5.74, 6) is -0.582. The van der Waals surface area contributed by atoms with Crippen molar-refractivity contribution >= 4 is 5.97 Å². The van der Waals surface area contributed by atoms with Crippen LogP contribution in [-0.2, 0) is 10.2 Å². The van der Waals surface area contributed by atoms with Crippen LogP contribution in [0.3, 0.4) is 0 Å². The number of hydrogen-bond acceptors (Lipinski definition) is 1. The molecule has 0 fully saturated rings. The molecule has 1 rings (SSSR count). The summed E-state index contributed by atoms with van der Waals surface area (Å²) in [5.41, 5.74) is 5.14. The summed E-state index contributed by atoms with van der Waals surface area (Å²) in [4.78, 5) is 11.1. The SMILES string of the molecule is CCCC(C)(c1cc(C)c(C)c(C)c1)C(C)CC(=O)O. The average Bonchev–Trinajstić information content (AvgIpc) is 2.34. The number of aliphatic carboxylic acids is 1. The Morgan fingerprint density at radius 1 is 1.25 bits per heavy atom. The maximum atomic E-state index is 11.1. The Hall–Kier alpha value is -1.31. The van der Waals surface area contributed by atoms with E-state index in [-0.39, 0.29) is 17.8 Å². The van der Waals surface area contributed by atoms with Gasteiger partial charge in [-0.15, -0.1) is 0 Å². The molecule has 1 aromatic carbocycles. The molecule has 0 saturated heterocycles. The standard InChI is InChI=1S/C18H28O2/c1-7-8-18(6,14(4)11-17(19)20)16-9-12(2)15(5)13(3)10-16/h9-10,14H,7-8,11H2,1-6H3,(H,19,20). The molecule has 0 saturated carbocycles. The average molecular weight is 276 g/mol. The van der Waals surface area contributed by atoms with Gasteiger partial charge in [0.15, 0.2) is 0 Å². The van der Waals surface area contributed by atoms with E-state index in [0.717, 1.165) is 12.8 Å². The Balaban J connectivity index is 3.28. The van der Waals surface area contributed by atoms with Crippen LogP contribution in [0.2, 0.25) is 0 Å². The predicted molar refractivity (Wildman–Crippen MR) is 84.3 cm³/mol. The summed E-state index contributed by atoms with van der Waals surface area (Å²) >= 11 is 0. The van der Waals surface area contributed by atoms with E-state index in [0.29, 0.717) is 0 Å². The van der Waals surface area contributed by atoms with Crippen LogP contribution >= 0.6 is 0 Å². The number of aryl methyl sites for hydroxylation is 2. The lowest BCUT2D eigenvalue weighted by Gasteiger charge is -2.36. The van der Waals surface area contributed by atoms with Crippen molar-refractivity contribution in [2.24, 2.45) is 5.92 Å². The Morgan fingerprint density at radius 3 is 2.15 bits per heavy atom. The van der Waals surface area contributed by atoms with Crippen molar-refractivity contribution in [3.05, 3.63) is 34.4 Å². The molecule has 20 heavy (non-hydrogen) atoms. The second kappa shape index (κ2) is 6.43. The van der Waals surface area contributed by atoms with Crippen molar-refractivity contribution in [3.8, 4) is 0 Å². The molecule has 0 spiro atoms. The van der Waals surface area contributed by atoms with Gasteiger partial charge in [-0.2, -0.15) is 0 Å². The number of carboxylic acids is 1. The normalized spacial score (nSPS) is 15.7. The van der Waals surface area contributed by atoms with Gasteiger partial charge in [0.05, 0.1) is 0 Å². The molecule has 112 valence electrons. The molecule has 0 heterocycles. The molecule has 2 nitrogen and oxygen atoms in total. The fourth-order valence-electron chi connectivity index (χ4n) is 3.05. The minimum atomic E-state index is -0.708. The zero-order chi connectivity index (χ0) is 15.5. The fourth-order valence-corrected chi connectivity index (χ4v) is 3.05. The molecule has 2 heteroatoms. The van der Waals surface area contributed by atoms with Crippen LogP contribution in [-0.4, -0.2) is 11.1 Å². The van der Waals surface area contributed by atoms with E-state index < -0.39 is 5.97 Å². The third-order valence-electron chi connectivity index (χ3n) is 4.92. The quantitative estimate of drug-likeness (QED) is 0.811. The Kier molecular flexibility index (Phi) is 5.38. The summed E-state index contributed by atoms with van der Waals surface area (Å²) < 4.78 is 0. The molecule has 0 aliphatic rings. The molecule has 0 amide bonds.